The first-order valence-corrected chi connectivity index (χ1v) is 14.8. The predicted molar refractivity (Wildman–Crippen MR) is 147 cm³/mol. The normalized spacial score (nSPS) is 14.5. The van der Waals surface area contributed by atoms with Gasteiger partial charge in [-0.05, 0) is 81.6 Å². The van der Waals surface area contributed by atoms with Crippen LogP contribution in [0.3, 0.4) is 0 Å². The van der Waals surface area contributed by atoms with Gasteiger partial charge in [0.2, 0.25) is 10.0 Å². The van der Waals surface area contributed by atoms with E-state index in [2.05, 4.69) is 5.10 Å². The monoisotopic (exact) mass is 557 g/mol. The second kappa shape index (κ2) is 10.2. The van der Waals surface area contributed by atoms with Crippen LogP contribution in [-0.4, -0.2) is 53.0 Å². The van der Waals surface area contributed by atoms with Gasteiger partial charge < -0.3 is 0 Å². The second-order valence-electron chi connectivity index (χ2n) is 9.26. The molecule has 2 aromatic carbocycles. The maximum absolute atomic E-state index is 13.8. The van der Waals surface area contributed by atoms with Gasteiger partial charge in [-0.3, -0.25) is 14.4 Å². The Morgan fingerprint density at radius 3 is 2.43 bits per heavy atom. The molecule has 3 heterocycles. The van der Waals surface area contributed by atoms with Crippen LogP contribution in [0, 0.1) is 20.8 Å². The molecule has 1 amide bonds. The molecule has 8 nitrogen and oxygen atoms in total. The molecule has 1 aliphatic heterocycles. The number of rotatable bonds is 7. The Morgan fingerprint density at radius 2 is 1.78 bits per heavy atom. The highest BCUT2D eigenvalue weighted by molar-refractivity contribution is 7.89. The van der Waals surface area contributed by atoms with E-state index in [0.717, 1.165) is 40.0 Å². The van der Waals surface area contributed by atoms with Gasteiger partial charge in [0.15, 0.2) is 5.13 Å². The van der Waals surface area contributed by atoms with Gasteiger partial charge in [0.05, 0.1) is 27.4 Å². The fraction of sp³-hybridized carbons (Fsp3) is 0.346. The van der Waals surface area contributed by atoms with Crippen molar-refractivity contribution in [2.75, 3.05) is 24.5 Å². The summed E-state index contributed by atoms with van der Waals surface area (Å²) in [6.45, 7) is 7.73. The van der Waals surface area contributed by atoms with Crippen molar-refractivity contribution in [1.29, 1.82) is 0 Å². The average Bonchev–Trinajstić information content (AvgIpc) is 3.63. The highest BCUT2D eigenvalue weighted by Crippen LogP contribution is 2.34. The number of sulfonamides is 1. The highest BCUT2D eigenvalue weighted by Gasteiger charge is 2.28. The first kappa shape index (κ1) is 25.8. The molecule has 11 heteroatoms. The van der Waals surface area contributed by atoms with Crippen molar-refractivity contribution in [3.63, 3.8) is 0 Å². The first-order chi connectivity index (χ1) is 17.6. The molecule has 1 aliphatic rings. The Labute approximate surface area is 225 Å². The van der Waals surface area contributed by atoms with Crippen LogP contribution in [0.5, 0.6) is 0 Å². The quantitative estimate of drug-likeness (QED) is 0.311. The molecule has 194 valence electrons. The third-order valence-electron chi connectivity index (χ3n) is 6.66. The maximum Gasteiger partial charge on any atom is 0.260 e. The van der Waals surface area contributed by atoms with E-state index >= 15 is 0 Å². The van der Waals surface area contributed by atoms with Gasteiger partial charge in [-0.15, -0.1) is 0 Å². The minimum Gasteiger partial charge on any atom is -0.282 e. The third kappa shape index (κ3) is 5.03. The van der Waals surface area contributed by atoms with Crippen LogP contribution in [0.15, 0.2) is 47.4 Å². The molecule has 2 aromatic heterocycles. The third-order valence-corrected chi connectivity index (χ3v) is 10.0. The Bertz CT molecular complexity index is 1570. The largest absolute Gasteiger partial charge is 0.282 e. The van der Waals surface area contributed by atoms with Gasteiger partial charge in [-0.1, -0.05) is 22.9 Å². The summed E-state index contributed by atoms with van der Waals surface area (Å²) < 4.78 is 30.2. The molecule has 5 rings (SSSR count). The molecule has 4 aromatic rings. The lowest BCUT2D eigenvalue weighted by Crippen LogP contribution is -2.34. The van der Waals surface area contributed by atoms with Gasteiger partial charge in [-0.2, -0.15) is 9.40 Å². The Balaban J connectivity index is 1.47. The first-order valence-electron chi connectivity index (χ1n) is 12.1. The van der Waals surface area contributed by atoms with E-state index in [-0.39, 0.29) is 10.8 Å². The standard InChI is InChI=1S/C26H28ClN5O3S2/c1-17-16-18(2)32(29-17)15-14-31(26-28-24-19(3)22(27)10-11-23(24)36-26)25(33)20-6-8-21(9-7-20)37(34,35)30-12-4-5-13-30/h6-11,16H,4-5,12-15H2,1-3H3. The van der Waals surface area contributed by atoms with Crippen LogP contribution in [0.1, 0.15) is 40.2 Å². The number of thiazole rings is 1. The summed E-state index contributed by atoms with van der Waals surface area (Å²) in [5.41, 5.74) is 3.94. The molecule has 0 atom stereocenters. The van der Waals surface area contributed by atoms with E-state index in [0.29, 0.717) is 41.9 Å². The number of carbonyl (C=O) groups is 1. The van der Waals surface area contributed by atoms with Crippen molar-refractivity contribution in [1.82, 2.24) is 19.1 Å². The van der Waals surface area contributed by atoms with Crippen LogP contribution in [0.2, 0.25) is 5.02 Å². The summed E-state index contributed by atoms with van der Waals surface area (Å²) in [5, 5.41) is 5.71. The fourth-order valence-electron chi connectivity index (χ4n) is 4.59. The SMILES string of the molecule is Cc1cc(C)n(CCN(C(=O)c2ccc(S(=O)(=O)N3CCCC3)cc2)c2nc3c(C)c(Cl)ccc3s2)n1. The van der Waals surface area contributed by atoms with Crippen molar-refractivity contribution in [2.45, 2.75) is 45.1 Å². The zero-order valence-corrected chi connectivity index (χ0v) is 23.3. The maximum atomic E-state index is 13.8. The number of hydrogen-bond donors (Lipinski definition) is 0. The number of benzene rings is 2. The molecular formula is C26H28ClN5O3S2. The number of hydrogen-bond acceptors (Lipinski definition) is 6. The molecule has 0 aliphatic carbocycles. The number of halogens is 1. The predicted octanol–water partition coefficient (Wildman–Crippen LogP) is 5.20. The molecule has 0 N–H and O–H groups in total. The van der Waals surface area contributed by atoms with Crippen LogP contribution in [0.25, 0.3) is 10.2 Å². The van der Waals surface area contributed by atoms with Gasteiger partial charge in [0.1, 0.15) is 0 Å². The van der Waals surface area contributed by atoms with E-state index in [4.69, 9.17) is 16.6 Å². The lowest BCUT2D eigenvalue weighted by Gasteiger charge is -2.21. The Kier molecular flexibility index (Phi) is 7.10. The van der Waals surface area contributed by atoms with Crippen LogP contribution in [-0.2, 0) is 16.6 Å². The van der Waals surface area contributed by atoms with Crippen LogP contribution >= 0.6 is 22.9 Å². The van der Waals surface area contributed by atoms with E-state index < -0.39 is 10.0 Å². The minimum absolute atomic E-state index is 0.199. The highest BCUT2D eigenvalue weighted by atomic mass is 35.5. The van der Waals surface area contributed by atoms with E-state index in [1.165, 1.54) is 27.8 Å². The topological polar surface area (TPSA) is 88.4 Å². The molecule has 1 fully saturated rings. The zero-order chi connectivity index (χ0) is 26.3. The summed E-state index contributed by atoms with van der Waals surface area (Å²) >= 11 is 7.74. The van der Waals surface area contributed by atoms with Crippen molar-refractivity contribution in [3.8, 4) is 0 Å². The summed E-state index contributed by atoms with van der Waals surface area (Å²) in [6, 6.07) is 11.9. The van der Waals surface area contributed by atoms with Crippen LogP contribution < -0.4 is 4.90 Å². The number of nitrogens with zero attached hydrogens (tertiary/aromatic N) is 5. The van der Waals surface area contributed by atoms with Gasteiger partial charge in [0.25, 0.3) is 5.91 Å². The number of amides is 1. The summed E-state index contributed by atoms with van der Waals surface area (Å²) in [5.74, 6) is -0.255. The van der Waals surface area contributed by atoms with Crippen molar-refractivity contribution >= 4 is 54.2 Å². The Morgan fingerprint density at radius 1 is 1.08 bits per heavy atom. The molecule has 0 saturated carbocycles. The molecule has 1 saturated heterocycles. The van der Waals surface area contributed by atoms with E-state index in [1.54, 1.807) is 17.0 Å². The van der Waals surface area contributed by atoms with Crippen molar-refractivity contribution < 1.29 is 13.2 Å². The number of fused-ring (bicyclic) bond motifs is 1. The molecule has 0 bridgehead atoms. The summed E-state index contributed by atoms with van der Waals surface area (Å²) in [6.07, 6.45) is 1.74. The smallest absolute Gasteiger partial charge is 0.260 e. The van der Waals surface area contributed by atoms with Gasteiger partial charge in [-0.25, -0.2) is 13.4 Å². The Hall–Kier alpha value is -2.79. The summed E-state index contributed by atoms with van der Waals surface area (Å²) in [7, 11) is -3.55. The molecule has 0 spiro atoms. The van der Waals surface area contributed by atoms with Gasteiger partial charge in [0, 0.05) is 35.9 Å². The van der Waals surface area contributed by atoms with E-state index in [9.17, 15) is 13.2 Å². The number of aromatic nitrogens is 3. The lowest BCUT2D eigenvalue weighted by molar-refractivity contribution is 0.0985. The fourth-order valence-corrected chi connectivity index (χ4v) is 7.31. The van der Waals surface area contributed by atoms with Crippen molar-refractivity contribution in [2.24, 2.45) is 0 Å². The second-order valence-corrected chi connectivity index (χ2v) is 12.6. The molecule has 0 unspecified atom stereocenters. The number of carbonyl (C=O) groups excluding carboxylic acids is 1. The number of anilines is 1. The average molecular weight is 558 g/mol. The van der Waals surface area contributed by atoms with Crippen LogP contribution in [0.4, 0.5) is 5.13 Å². The zero-order valence-electron chi connectivity index (χ0n) is 20.9. The molecule has 37 heavy (non-hydrogen) atoms. The lowest BCUT2D eigenvalue weighted by atomic mass is 10.2. The molecular weight excluding hydrogens is 530 g/mol. The number of aryl methyl sites for hydroxylation is 3. The summed E-state index contributed by atoms with van der Waals surface area (Å²) in [4.78, 5) is 20.4. The van der Waals surface area contributed by atoms with Gasteiger partial charge >= 0.3 is 0 Å². The van der Waals surface area contributed by atoms with Crippen molar-refractivity contribution in [3.05, 3.63) is 70.0 Å². The van der Waals surface area contributed by atoms with E-state index in [1.807, 2.05) is 43.7 Å². The molecule has 0 radical (unpaired) electrons. The minimum atomic E-state index is -3.55.